The number of hydrogen-bond donors (Lipinski definition) is 0. The van der Waals surface area contributed by atoms with Gasteiger partial charge < -0.3 is 4.74 Å². The van der Waals surface area contributed by atoms with Crippen LogP contribution >= 0.6 is 11.3 Å². The highest BCUT2D eigenvalue weighted by atomic mass is 32.1. The maximum atomic E-state index is 11.5. The quantitative estimate of drug-likeness (QED) is 0.780. The lowest BCUT2D eigenvalue weighted by Crippen LogP contribution is -2.08. The molecule has 0 atom stereocenters. The summed E-state index contributed by atoms with van der Waals surface area (Å²) in [6, 6.07) is 8.20. The summed E-state index contributed by atoms with van der Waals surface area (Å²) >= 11 is 1.39. The second-order valence-electron chi connectivity index (χ2n) is 3.75. The van der Waals surface area contributed by atoms with Crippen molar-refractivity contribution >= 4 is 17.3 Å². The van der Waals surface area contributed by atoms with E-state index >= 15 is 0 Å². The Morgan fingerprint density at radius 2 is 2.12 bits per heavy atom. The lowest BCUT2D eigenvalue weighted by atomic mass is 10.1. The van der Waals surface area contributed by atoms with Crippen LogP contribution in [0.3, 0.4) is 0 Å². The summed E-state index contributed by atoms with van der Waals surface area (Å²) in [6.45, 7) is 2.44. The molecule has 2 rings (SSSR count). The number of thiazole rings is 1. The first-order chi connectivity index (χ1) is 8.25. The molecule has 0 bridgehead atoms. The SMILES string of the molecule is Cc1ccc(CCOC(=O)c2cscn2)cc1. The van der Waals surface area contributed by atoms with Crippen LogP contribution in [0.1, 0.15) is 21.6 Å². The van der Waals surface area contributed by atoms with Gasteiger partial charge in [-0.2, -0.15) is 0 Å². The van der Waals surface area contributed by atoms with Crippen LogP contribution in [0, 0.1) is 6.92 Å². The minimum Gasteiger partial charge on any atom is -0.461 e. The van der Waals surface area contributed by atoms with Crippen molar-refractivity contribution in [1.82, 2.24) is 4.98 Å². The molecule has 4 heteroatoms. The number of ether oxygens (including phenoxy) is 1. The van der Waals surface area contributed by atoms with E-state index in [0.717, 1.165) is 6.42 Å². The molecule has 0 aliphatic heterocycles. The first kappa shape index (κ1) is 11.8. The number of carbonyl (C=O) groups is 1. The van der Waals surface area contributed by atoms with Crippen molar-refractivity contribution in [1.29, 1.82) is 0 Å². The van der Waals surface area contributed by atoms with Crippen LogP contribution in [0.25, 0.3) is 0 Å². The molecule has 17 heavy (non-hydrogen) atoms. The Labute approximate surface area is 104 Å². The molecular formula is C13H13NO2S. The van der Waals surface area contributed by atoms with Crippen molar-refractivity contribution in [2.45, 2.75) is 13.3 Å². The first-order valence-electron chi connectivity index (χ1n) is 5.36. The molecule has 3 nitrogen and oxygen atoms in total. The van der Waals surface area contributed by atoms with Gasteiger partial charge in [0.2, 0.25) is 0 Å². The predicted octanol–water partition coefficient (Wildman–Crippen LogP) is 2.85. The Hall–Kier alpha value is -1.68. The Kier molecular flexibility index (Phi) is 3.88. The average Bonchev–Trinajstić information content (AvgIpc) is 2.85. The fourth-order valence-electron chi connectivity index (χ4n) is 1.40. The van der Waals surface area contributed by atoms with Crippen molar-refractivity contribution in [2.24, 2.45) is 0 Å². The van der Waals surface area contributed by atoms with E-state index in [-0.39, 0.29) is 5.97 Å². The topological polar surface area (TPSA) is 39.2 Å². The van der Waals surface area contributed by atoms with Crippen LogP contribution in [0.2, 0.25) is 0 Å². The van der Waals surface area contributed by atoms with Gasteiger partial charge in [0.25, 0.3) is 0 Å². The molecule has 0 amide bonds. The number of rotatable bonds is 4. The van der Waals surface area contributed by atoms with Crippen molar-refractivity contribution in [2.75, 3.05) is 6.61 Å². The molecule has 0 unspecified atom stereocenters. The van der Waals surface area contributed by atoms with E-state index in [2.05, 4.69) is 17.1 Å². The third-order valence-corrected chi connectivity index (χ3v) is 2.97. The van der Waals surface area contributed by atoms with Crippen LogP contribution in [-0.2, 0) is 11.2 Å². The van der Waals surface area contributed by atoms with E-state index in [1.54, 1.807) is 10.9 Å². The summed E-state index contributed by atoms with van der Waals surface area (Å²) in [4.78, 5) is 15.4. The molecule has 0 spiro atoms. The molecule has 0 aliphatic carbocycles. The van der Waals surface area contributed by atoms with Gasteiger partial charge in [-0.25, -0.2) is 9.78 Å². The molecule has 88 valence electrons. The van der Waals surface area contributed by atoms with Crippen molar-refractivity contribution in [3.8, 4) is 0 Å². The third kappa shape index (κ3) is 3.39. The Morgan fingerprint density at radius 1 is 1.35 bits per heavy atom. The van der Waals surface area contributed by atoms with E-state index in [9.17, 15) is 4.79 Å². The summed E-state index contributed by atoms with van der Waals surface area (Å²) in [5.41, 5.74) is 4.41. The van der Waals surface area contributed by atoms with Gasteiger partial charge in [0, 0.05) is 11.8 Å². The van der Waals surface area contributed by atoms with Crippen molar-refractivity contribution < 1.29 is 9.53 Å². The summed E-state index contributed by atoms with van der Waals surface area (Å²) in [5.74, 6) is -0.349. The molecule has 0 radical (unpaired) electrons. The van der Waals surface area contributed by atoms with Gasteiger partial charge in [-0.15, -0.1) is 11.3 Å². The first-order valence-corrected chi connectivity index (χ1v) is 6.31. The number of aromatic nitrogens is 1. The molecule has 1 aromatic carbocycles. The van der Waals surface area contributed by atoms with Crippen molar-refractivity contribution in [3.63, 3.8) is 0 Å². The van der Waals surface area contributed by atoms with Crippen LogP contribution in [0.4, 0.5) is 0 Å². The standard InChI is InChI=1S/C13H13NO2S/c1-10-2-4-11(5-3-10)6-7-16-13(15)12-8-17-9-14-12/h2-5,8-9H,6-7H2,1H3. The molecule has 1 aromatic heterocycles. The number of carbonyl (C=O) groups excluding carboxylic acids is 1. The number of hydrogen-bond acceptors (Lipinski definition) is 4. The summed E-state index contributed by atoms with van der Waals surface area (Å²) in [7, 11) is 0. The maximum Gasteiger partial charge on any atom is 0.357 e. The monoisotopic (exact) mass is 247 g/mol. The van der Waals surface area contributed by atoms with Crippen molar-refractivity contribution in [3.05, 3.63) is 52.0 Å². The number of esters is 1. The molecule has 1 heterocycles. The maximum absolute atomic E-state index is 11.5. The summed E-state index contributed by atoms with van der Waals surface area (Å²) < 4.78 is 5.13. The number of nitrogens with zero attached hydrogens (tertiary/aromatic N) is 1. The van der Waals surface area contributed by atoms with E-state index in [4.69, 9.17) is 4.74 Å². The van der Waals surface area contributed by atoms with Gasteiger partial charge in [0.15, 0.2) is 5.69 Å². The summed E-state index contributed by atoms with van der Waals surface area (Å²) in [6.07, 6.45) is 0.732. The van der Waals surface area contributed by atoms with Gasteiger partial charge in [-0.3, -0.25) is 0 Å². The van der Waals surface area contributed by atoms with Crippen LogP contribution in [0.15, 0.2) is 35.2 Å². The van der Waals surface area contributed by atoms with E-state index in [0.29, 0.717) is 12.3 Å². The van der Waals surface area contributed by atoms with Gasteiger partial charge in [-0.05, 0) is 12.5 Å². The Morgan fingerprint density at radius 3 is 2.76 bits per heavy atom. The second kappa shape index (κ2) is 5.59. The minimum atomic E-state index is -0.349. The average molecular weight is 247 g/mol. The highest BCUT2D eigenvalue weighted by Crippen LogP contribution is 2.06. The molecule has 0 aliphatic rings. The second-order valence-corrected chi connectivity index (χ2v) is 4.46. The van der Waals surface area contributed by atoms with Gasteiger partial charge >= 0.3 is 5.97 Å². The zero-order valence-electron chi connectivity index (χ0n) is 9.55. The van der Waals surface area contributed by atoms with Crippen LogP contribution < -0.4 is 0 Å². The minimum absolute atomic E-state index is 0.349. The van der Waals surface area contributed by atoms with Gasteiger partial charge in [-0.1, -0.05) is 29.8 Å². The molecule has 0 fully saturated rings. The van der Waals surface area contributed by atoms with Crippen LogP contribution in [-0.4, -0.2) is 17.6 Å². The van der Waals surface area contributed by atoms with E-state index < -0.39 is 0 Å². The predicted molar refractivity (Wildman–Crippen MR) is 67.3 cm³/mol. The van der Waals surface area contributed by atoms with E-state index in [1.165, 1.54) is 22.5 Å². The summed E-state index contributed by atoms with van der Waals surface area (Å²) in [5, 5.41) is 1.69. The lowest BCUT2D eigenvalue weighted by molar-refractivity contribution is 0.0503. The fourth-order valence-corrected chi connectivity index (χ4v) is 1.92. The fraction of sp³-hybridized carbons (Fsp3) is 0.231. The molecule has 2 aromatic rings. The number of benzene rings is 1. The largest absolute Gasteiger partial charge is 0.461 e. The zero-order valence-corrected chi connectivity index (χ0v) is 10.4. The van der Waals surface area contributed by atoms with Gasteiger partial charge in [0.1, 0.15) is 0 Å². The van der Waals surface area contributed by atoms with Gasteiger partial charge in [0.05, 0.1) is 12.1 Å². The van der Waals surface area contributed by atoms with Crippen LogP contribution in [0.5, 0.6) is 0 Å². The lowest BCUT2D eigenvalue weighted by Gasteiger charge is -2.03. The van der Waals surface area contributed by atoms with E-state index in [1.807, 2.05) is 19.1 Å². The Bertz CT molecular complexity index is 477. The highest BCUT2D eigenvalue weighted by molar-refractivity contribution is 7.07. The number of aryl methyl sites for hydroxylation is 1. The third-order valence-electron chi connectivity index (χ3n) is 2.39. The molecule has 0 saturated carbocycles. The smallest absolute Gasteiger partial charge is 0.357 e. The molecule has 0 saturated heterocycles. The highest BCUT2D eigenvalue weighted by Gasteiger charge is 2.08. The zero-order chi connectivity index (χ0) is 12.1. The molecule has 0 N–H and O–H groups in total. The Balaban J connectivity index is 1.80. The molecular weight excluding hydrogens is 234 g/mol. The normalized spacial score (nSPS) is 10.2.